The van der Waals surface area contributed by atoms with Gasteiger partial charge in [0, 0.05) is 25.7 Å². The van der Waals surface area contributed by atoms with Gasteiger partial charge >= 0.3 is 0 Å². The molecule has 0 aliphatic carbocycles. The largest absolute Gasteiger partial charge is 0.368 e. The van der Waals surface area contributed by atoms with Gasteiger partial charge in [-0.15, -0.1) is 0 Å². The molecule has 0 radical (unpaired) electrons. The van der Waals surface area contributed by atoms with Crippen molar-refractivity contribution in [2.24, 2.45) is 5.92 Å². The minimum Gasteiger partial charge on any atom is -0.368 e. The average molecular weight is 254 g/mol. The van der Waals surface area contributed by atoms with E-state index < -0.39 is 0 Å². The van der Waals surface area contributed by atoms with Crippen LogP contribution in [0.2, 0.25) is 0 Å². The SMILES string of the molecule is CC(C)CN(CC1CCCN1)C(=O)[C@H]1CCCO1. The van der Waals surface area contributed by atoms with Crippen LogP contribution in [0.25, 0.3) is 0 Å². The fraction of sp³-hybridized carbons (Fsp3) is 0.929. The zero-order valence-electron chi connectivity index (χ0n) is 11.7. The van der Waals surface area contributed by atoms with Gasteiger partial charge in [-0.05, 0) is 38.1 Å². The molecule has 2 saturated heterocycles. The minimum absolute atomic E-state index is 0.176. The van der Waals surface area contributed by atoms with Gasteiger partial charge in [-0.25, -0.2) is 0 Å². The Balaban J connectivity index is 1.91. The molecule has 2 aliphatic heterocycles. The van der Waals surface area contributed by atoms with Crippen molar-refractivity contribution in [2.45, 2.75) is 51.7 Å². The van der Waals surface area contributed by atoms with Crippen molar-refractivity contribution in [2.75, 3.05) is 26.2 Å². The Hall–Kier alpha value is -0.610. The normalized spacial score (nSPS) is 27.9. The van der Waals surface area contributed by atoms with Crippen molar-refractivity contribution >= 4 is 5.91 Å². The van der Waals surface area contributed by atoms with Gasteiger partial charge in [-0.2, -0.15) is 0 Å². The van der Waals surface area contributed by atoms with Crippen LogP contribution >= 0.6 is 0 Å². The summed E-state index contributed by atoms with van der Waals surface area (Å²) in [7, 11) is 0. The van der Waals surface area contributed by atoms with Crippen LogP contribution in [0.3, 0.4) is 0 Å². The molecule has 0 aromatic heterocycles. The van der Waals surface area contributed by atoms with E-state index in [1.807, 2.05) is 4.90 Å². The van der Waals surface area contributed by atoms with Crippen molar-refractivity contribution in [3.63, 3.8) is 0 Å². The molecule has 1 amide bonds. The highest BCUT2D eigenvalue weighted by Crippen LogP contribution is 2.17. The Kier molecular flexibility index (Phi) is 5.01. The molecule has 1 N–H and O–H groups in total. The fourth-order valence-electron chi connectivity index (χ4n) is 2.85. The number of nitrogens with one attached hydrogen (secondary N) is 1. The summed E-state index contributed by atoms with van der Waals surface area (Å²) >= 11 is 0. The molecular weight excluding hydrogens is 228 g/mol. The van der Waals surface area contributed by atoms with Crippen molar-refractivity contribution in [1.82, 2.24) is 10.2 Å². The molecule has 0 aromatic rings. The van der Waals surface area contributed by atoms with Gasteiger partial charge < -0.3 is 15.0 Å². The molecule has 4 heteroatoms. The number of nitrogens with zero attached hydrogens (tertiary/aromatic N) is 1. The predicted molar refractivity (Wildman–Crippen MR) is 71.4 cm³/mol. The smallest absolute Gasteiger partial charge is 0.251 e. The van der Waals surface area contributed by atoms with Gasteiger partial charge in [-0.3, -0.25) is 4.79 Å². The van der Waals surface area contributed by atoms with E-state index in [1.165, 1.54) is 12.8 Å². The lowest BCUT2D eigenvalue weighted by atomic mass is 10.1. The van der Waals surface area contributed by atoms with Crippen LogP contribution in [0.4, 0.5) is 0 Å². The molecule has 4 nitrogen and oxygen atoms in total. The van der Waals surface area contributed by atoms with E-state index in [1.54, 1.807) is 0 Å². The van der Waals surface area contributed by atoms with Gasteiger partial charge in [0.25, 0.3) is 5.91 Å². The second-order valence-electron chi connectivity index (χ2n) is 5.93. The molecule has 18 heavy (non-hydrogen) atoms. The molecule has 0 bridgehead atoms. The molecule has 1 unspecified atom stereocenters. The van der Waals surface area contributed by atoms with E-state index in [0.717, 1.165) is 39.1 Å². The number of ether oxygens (including phenoxy) is 1. The Labute approximate surface area is 110 Å². The Morgan fingerprint density at radius 2 is 2.22 bits per heavy atom. The highest BCUT2D eigenvalue weighted by atomic mass is 16.5. The van der Waals surface area contributed by atoms with Crippen molar-refractivity contribution in [3.05, 3.63) is 0 Å². The third-order valence-corrected chi connectivity index (χ3v) is 3.71. The maximum Gasteiger partial charge on any atom is 0.251 e. The first-order valence-electron chi connectivity index (χ1n) is 7.30. The molecule has 0 spiro atoms. The third kappa shape index (κ3) is 3.69. The molecule has 104 valence electrons. The number of hydrogen-bond acceptors (Lipinski definition) is 3. The molecule has 2 fully saturated rings. The summed E-state index contributed by atoms with van der Waals surface area (Å²) in [5.74, 6) is 0.714. The van der Waals surface area contributed by atoms with Gasteiger partial charge in [-0.1, -0.05) is 13.8 Å². The summed E-state index contributed by atoms with van der Waals surface area (Å²) in [6.45, 7) is 7.85. The number of hydrogen-bond donors (Lipinski definition) is 1. The van der Waals surface area contributed by atoms with E-state index in [-0.39, 0.29) is 12.0 Å². The van der Waals surface area contributed by atoms with Crippen molar-refractivity contribution in [3.8, 4) is 0 Å². The number of amides is 1. The Bertz CT molecular complexity index is 269. The van der Waals surface area contributed by atoms with Crippen LogP contribution in [0, 0.1) is 5.92 Å². The molecule has 0 saturated carbocycles. The first-order chi connectivity index (χ1) is 8.66. The number of rotatable bonds is 5. The van der Waals surface area contributed by atoms with Crippen LogP contribution in [-0.4, -0.2) is 49.2 Å². The maximum atomic E-state index is 12.4. The second-order valence-corrected chi connectivity index (χ2v) is 5.93. The van der Waals surface area contributed by atoms with E-state index in [2.05, 4.69) is 19.2 Å². The topological polar surface area (TPSA) is 41.6 Å². The summed E-state index contributed by atoms with van der Waals surface area (Å²) in [4.78, 5) is 14.5. The van der Waals surface area contributed by atoms with E-state index in [0.29, 0.717) is 12.0 Å². The lowest BCUT2D eigenvalue weighted by Crippen LogP contribution is -2.46. The zero-order valence-corrected chi connectivity index (χ0v) is 11.7. The minimum atomic E-state index is -0.176. The summed E-state index contributed by atoms with van der Waals surface area (Å²) < 4.78 is 5.53. The molecular formula is C14H26N2O2. The quantitative estimate of drug-likeness (QED) is 0.806. The highest BCUT2D eigenvalue weighted by molar-refractivity contribution is 5.81. The van der Waals surface area contributed by atoms with Crippen LogP contribution in [0.5, 0.6) is 0 Å². The Morgan fingerprint density at radius 3 is 2.78 bits per heavy atom. The fourth-order valence-corrected chi connectivity index (χ4v) is 2.85. The summed E-state index contributed by atoms with van der Waals surface area (Å²) in [5, 5.41) is 3.47. The lowest BCUT2D eigenvalue weighted by molar-refractivity contribution is -0.141. The first-order valence-corrected chi connectivity index (χ1v) is 7.30. The van der Waals surface area contributed by atoms with Crippen molar-refractivity contribution in [1.29, 1.82) is 0 Å². The second kappa shape index (κ2) is 6.53. The summed E-state index contributed by atoms with van der Waals surface area (Å²) in [6.07, 6.45) is 4.16. The Morgan fingerprint density at radius 1 is 1.39 bits per heavy atom. The monoisotopic (exact) mass is 254 g/mol. The molecule has 0 aromatic carbocycles. The van der Waals surface area contributed by atoms with E-state index >= 15 is 0 Å². The molecule has 2 atom stereocenters. The van der Waals surface area contributed by atoms with Crippen LogP contribution in [0.1, 0.15) is 39.5 Å². The molecule has 2 aliphatic rings. The average Bonchev–Trinajstić information content (AvgIpc) is 2.99. The van der Waals surface area contributed by atoms with Gasteiger partial charge in [0.1, 0.15) is 6.10 Å². The predicted octanol–water partition coefficient (Wildman–Crippen LogP) is 1.40. The third-order valence-electron chi connectivity index (χ3n) is 3.71. The van der Waals surface area contributed by atoms with E-state index in [9.17, 15) is 4.79 Å². The van der Waals surface area contributed by atoms with Crippen LogP contribution in [-0.2, 0) is 9.53 Å². The van der Waals surface area contributed by atoms with Gasteiger partial charge in [0.15, 0.2) is 0 Å². The standard InChI is InChI=1S/C14H26N2O2/c1-11(2)9-16(10-12-5-3-7-15-12)14(17)13-6-4-8-18-13/h11-13,15H,3-10H2,1-2H3/t12?,13-/m1/s1. The van der Waals surface area contributed by atoms with Gasteiger partial charge in [0.2, 0.25) is 0 Å². The van der Waals surface area contributed by atoms with Crippen LogP contribution in [0.15, 0.2) is 0 Å². The highest BCUT2D eigenvalue weighted by Gasteiger charge is 2.30. The zero-order chi connectivity index (χ0) is 13.0. The first kappa shape index (κ1) is 13.8. The number of carbonyl (C=O) groups is 1. The summed E-state index contributed by atoms with van der Waals surface area (Å²) in [6, 6.07) is 0.481. The number of carbonyl (C=O) groups excluding carboxylic acids is 1. The lowest BCUT2D eigenvalue weighted by Gasteiger charge is -2.29. The summed E-state index contributed by atoms with van der Waals surface area (Å²) in [5.41, 5.74) is 0. The molecule has 2 heterocycles. The van der Waals surface area contributed by atoms with Crippen LogP contribution < -0.4 is 5.32 Å². The van der Waals surface area contributed by atoms with E-state index in [4.69, 9.17) is 4.74 Å². The van der Waals surface area contributed by atoms with Gasteiger partial charge in [0.05, 0.1) is 0 Å². The maximum absolute atomic E-state index is 12.4. The van der Waals surface area contributed by atoms with Crippen molar-refractivity contribution < 1.29 is 9.53 Å². The molecule has 2 rings (SSSR count).